The minimum atomic E-state index is -1.05. The van der Waals surface area contributed by atoms with Crippen LogP contribution >= 0.6 is 0 Å². The number of carbonyl (C=O) groups is 2. The van der Waals surface area contributed by atoms with Gasteiger partial charge in [-0.1, -0.05) is 80.6 Å². The van der Waals surface area contributed by atoms with Crippen molar-refractivity contribution in [2.24, 2.45) is 0 Å². The van der Waals surface area contributed by atoms with E-state index in [1.54, 1.807) is 28.8 Å². The summed E-state index contributed by atoms with van der Waals surface area (Å²) in [7, 11) is 1.28. The number of hydrogen-bond donors (Lipinski definition) is 1. The van der Waals surface area contributed by atoms with Crippen molar-refractivity contribution in [3.05, 3.63) is 88.0 Å². The number of nitrogens with one attached hydrogen (secondary N) is 1. The third-order valence-corrected chi connectivity index (χ3v) is 9.03. The number of piperidine rings is 1. The molecule has 3 heterocycles. The van der Waals surface area contributed by atoms with Gasteiger partial charge in [0.15, 0.2) is 11.7 Å². The lowest BCUT2D eigenvalue weighted by atomic mass is 9.90. The van der Waals surface area contributed by atoms with Gasteiger partial charge < -0.3 is 19.5 Å². The highest BCUT2D eigenvalue weighted by atomic mass is 16.5. The number of nitrogens with zero attached hydrogens (tertiary/aromatic N) is 3. The predicted molar refractivity (Wildman–Crippen MR) is 157 cm³/mol. The lowest BCUT2D eigenvalue weighted by molar-refractivity contribution is -0.143. The summed E-state index contributed by atoms with van der Waals surface area (Å²) in [5, 5.41) is 2.72. The molecule has 0 spiro atoms. The van der Waals surface area contributed by atoms with Crippen LogP contribution in [0.1, 0.15) is 92.3 Å². The maximum atomic E-state index is 14.1. The van der Waals surface area contributed by atoms with E-state index in [-0.39, 0.29) is 11.7 Å². The Bertz CT molecular complexity index is 1510. The Morgan fingerprint density at radius 1 is 0.927 bits per heavy atom. The summed E-state index contributed by atoms with van der Waals surface area (Å²) in [6, 6.07) is 16.2. The predicted octanol–water partition coefficient (Wildman–Crippen LogP) is 5.45. The molecule has 1 aromatic heterocycles. The molecule has 41 heavy (non-hydrogen) atoms. The van der Waals surface area contributed by atoms with Crippen LogP contribution in [0.4, 0.5) is 0 Å². The standard InChI is InChI=1S/C33H38N4O4/c1-41-33(40)29(22-12-6-5-7-13-22)35-31(38)30-32(39)37(28-17-11-10-16-27(28)34-30)26-20-24-18-19-25(21-26)36(24)23-14-8-3-2-4-9-15-23/h5-7,10-13,16-18,23,25-26,29H,2-4,8-9,14-15,19-21H2,1H3,(H,35,38)/t25-,26-,29?/m1/s1. The Morgan fingerprint density at radius 2 is 1.63 bits per heavy atom. The van der Waals surface area contributed by atoms with Crippen LogP contribution in [-0.4, -0.2) is 45.5 Å². The fraction of sp³-hybridized carbons (Fsp3) is 0.455. The normalized spacial score (nSPS) is 22.0. The lowest BCUT2D eigenvalue weighted by Gasteiger charge is -2.44. The molecule has 8 nitrogen and oxygen atoms in total. The van der Waals surface area contributed by atoms with E-state index in [1.807, 2.05) is 30.3 Å². The molecular weight excluding hydrogens is 516 g/mol. The summed E-state index contributed by atoms with van der Waals surface area (Å²) in [6.07, 6.45) is 14.0. The van der Waals surface area contributed by atoms with Crippen molar-refractivity contribution in [3.8, 4) is 0 Å². The van der Waals surface area contributed by atoms with Crippen molar-refractivity contribution in [1.82, 2.24) is 19.8 Å². The number of esters is 1. The number of amides is 1. The zero-order chi connectivity index (χ0) is 28.3. The zero-order valence-corrected chi connectivity index (χ0v) is 23.6. The lowest BCUT2D eigenvalue weighted by Crippen LogP contribution is -2.46. The number of rotatable bonds is 6. The van der Waals surface area contributed by atoms with Crippen LogP contribution < -0.4 is 10.9 Å². The van der Waals surface area contributed by atoms with E-state index in [4.69, 9.17) is 4.74 Å². The molecule has 1 unspecified atom stereocenters. The third kappa shape index (κ3) is 5.39. The molecule has 1 saturated heterocycles. The Kier molecular flexibility index (Phi) is 7.90. The summed E-state index contributed by atoms with van der Waals surface area (Å²) >= 11 is 0. The highest BCUT2D eigenvalue weighted by Crippen LogP contribution is 2.43. The Labute approximate surface area is 240 Å². The van der Waals surface area contributed by atoms with Gasteiger partial charge in [0.25, 0.3) is 11.5 Å². The number of aromatic nitrogens is 2. The van der Waals surface area contributed by atoms with Gasteiger partial charge in [0.1, 0.15) is 0 Å². The van der Waals surface area contributed by atoms with Crippen LogP contribution in [0.25, 0.3) is 11.0 Å². The first-order valence-electron chi connectivity index (χ1n) is 15.0. The molecule has 2 aliphatic heterocycles. The van der Waals surface area contributed by atoms with Crippen molar-refractivity contribution in [1.29, 1.82) is 0 Å². The van der Waals surface area contributed by atoms with E-state index in [1.165, 1.54) is 57.8 Å². The number of allylic oxidation sites excluding steroid dienone is 1. The molecule has 8 heteroatoms. The minimum absolute atomic E-state index is 0.0731. The first-order valence-corrected chi connectivity index (χ1v) is 15.0. The third-order valence-electron chi connectivity index (χ3n) is 9.03. The van der Waals surface area contributed by atoms with Crippen LogP contribution in [0.15, 0.2) is 71.2 Å². The van der Waals surface area contributed by atoms with Crippen LogP contribution in [0.2, 0.25) is 0 Å². The summed E-state index contributed by atoms with van der Waals surface area (Å²) < 4.78 is 6.75. The Balaban J connectivity index is 1.32. The van der Waals surface area contributed by atoms with Gasteiger partial charge in [0.05, 0.1) is 18.1 Å². The summed E-state index contributed by atoms with van der Waals surface area (Å²) in [6.45, 7) is 0. The number of benzene rings is 2. The van der Waals surface area contributed by atoms with E-state index in [0.29, 0.717) is 23.2 Å². The number of hydrogen-bond acceptors (Lipinski definition) is 6. The molecule has 6 rings (SSSR count). The molecule has 3 aromatic rings. The van der Waals surface area contributed by atoms with Crippen molar-refractivity contribution < 1.29 is 14.3 Å². The molecule has 3 aliphatic rings. The second-order valence-electron chi connectivity index (χ2n) is 11.5. The molecule has 2 aromatic carbocycles. The van der Waals surface area contributed by atoms with Gasteiger partial charge in [-0.05, 0) is 43.4 Å². The van der Waals surface area contributed by atoms with E-state index in [9.17, 15) is 14.4 Å². The fourth-order valence-corrected chi connectivity index (χ4v) is 7.11. The molecule has 214 valence electrons. The first kappa shape index (κ1) is 27.2. The first-order chi connectivity index (χ1) is 20.0. The number of carbonyl (C=O) groups excluding carboxylic acids is 2. The van der Waals surface area contributed by atoms with Crippen molar-refractivity contribution in [3.63, 3.8) is 0 Å². The molecule has 1 amide bonds. The number of fused-ring (bicyclic) bond motifs is 3. The largest absolute Gasteiger partial charge is 0.467 e. The van der Waals surface area contributed by atoms with E-state index >= 15 is 0 Å². The van der Waals surface area contributed by atoms with Crippen molar-refractivity contribution in [2.75, 3.05) is 7.11 Å². The maximum Gasteiger partial charge on any atom is 0.333 e. The number of para-hydroxylation sites is 2. The Hall–Kier alpha value is -3.94. The van der Waals surface area contributed by atoms with Crippen LogP contribution in [0.3, 0.4) is 0 Å². The van der Waals surface area contributed by atoms with E-state index in [0.717, 1.165) is 24.8 Å². The van der Waals surface area contributed by atoms with Gasteiger partial charge in [-0.2, -0.15) is 0 Å². The average molecular weight is 555 g/mol. The quantitative estimate of drug-likeness (QED) is 0.408. The van der Waals surface area contributed by atoms with Crippen LogP contribution in [0.5, 0.6) is 0 Å². The van der Waals surface area contributed by atoms with E-state index in [2.05, 4.69) is 21.3 Å². The van der Waals surface area contributed by atoms with Gasteiger partial charge in [-0.25, -0.2) is 9.78 Å². The van der Waals surface area contributed by atoms with Crippen LogP contribution in [0, 0.1) is 0 Å². The minimum Gasteiger partial charge on any atom is -0.467 e. The molecule has 0 radical (unpaired) electrons. The number of ether oxygens (including phenoxy) is 1. The zero-order valence-electron chi connectivity index (χ0n) is 23.6. The SMILES string of the molecule is COC(=O)C(NC(=O)c1nc2ccccc2n([C@@H]2CC3=CC[C@H](C2)N3C2CCCCCCC2)c1=O)c1ccccc1. The van der Waals surface area contributed by atoms with Gasteiger partial charge in [-0.15, -0.1) is 0 Å². The molecule has 1 saturated carbocycles. The molecule has 2 fully saturated rings. The summed E-state index contributed by atoms with van der Waals surface area (Å²) in [5.41, 5.74) is 2.57. The molecular formula is C33H38N4O4. The van der Waals surface area contributed by atoms with Gasteiger partial charge >= 0.3 is 5.97 Å². The second kappa shape index (κ2) is 11.9. The number of methoxy groups -OCH3 is 1. The highest BCUT2D eigenvalue weighted by Gasteiger charge is 2.40. The van der Waals surface area contributed by atoms with Gasteiger partial charge in [0.2, 0.25) is 0 Å². The van der Waals surface area contributed by atoms with Gasteiger partial charge in [-0.3, -0.25) is 9.59 Å². The fourth-order valence-electron chi connectivity index (χ4n) is 7.11. The van der Waals surface area contributed by atoms with Gasteiger partial charge in [0, 0.05) is 30.2 Å². The summed E-state index contributed by atoms with van der Waals surface area (Å²) in [5.74, 6) is -1.31. The van der Waals surface area contributed by atoms with Crippen molar-refractivity contribution in [2.45, 2.75) is 88.4 Å². The highest BCUT2D eigenvalue weighted by molar-refractivity contribution is 5.96. The average Bonchev–Trinajstić information content (AvgIpc) is 3.23. The molecule has 2 bridgehead atoms. The maximum absolute atomic E-state index is 14.1. The van der Waals surface area contributed by atoms with Crippen molar-refractivity contribution >= 4 is 22.9 Å². The smallest absolute Gasteiger partial charge is 0.333 e. The Morgan fingerprint density at radius 3 is 2.37 bits per heavy atom. The molecule has 1 N–H and O–H groups in total. The molecule has 3 atom stereocenters. The van der Waals surface area contributed by atoms with E-state index < -0.39 is 23.5 Å². The monoisotopic (exact) mass is 554 g/mol. The topological polar surface area (TPSA) is 93.5 Å². The molecule has 1 aliphatic carbocycles. The second-order valence-corrected chi connectivity index (χ2v) is 11.5. The summed E-state index contributed by atoms with van der Waals surface area (Å²) in [4.78, 5) is 47.5. The van der Waals surface area contributed by atoms with Crippen LogP contribution in [-0.2, 0) is 9.53 Å².